The van der Waals surface area contributed by atoms with Crippen molar-refractivity contribution in [2.45, 2.75) is 46.5 Å². The molecular weight excluding hydrogens is 268 g/mol. The van der Waals surface area contributed by atoms with Gasteiger partial charge in [0.25, 0.3) is 0 Å². The Kier molecular flexibility index (Phi) is 4.45. The molecule has 2 rings (SSSR count). The van der Waals surface area contributed by atoms with Crippen molar-refractivity contribution in [1.29, 1.82) is 0 Å². The van der Waals surface area contributed by atoms with Gasteiger partial charge in [-0.15, -0.1) is 0 Å². The molecule has 1 fully saturated rings. The molecule has 0 N–H and O–H groups in total. The highest BCUT2D eigenvalue weighted by Crippen LogP contribution is 2.38. The molecule has 0 saturated heterocycles. The maximum Gasteiger partial charge on any atom is 0.308 e. The topological polar surface area (TPSA) is 60.4 Å². The number of esters is 1. The number of ether oxygens (including phenoxy) is 1. The van der Waals surface area contributed by atoms with Gasteiger partial charge in [-0.05, 0) is 52.4 Å². The molecule has 0 aromatic carbocycles. The fourth-order valence-electron chi connectivity index (χ4n) is 3.39. The third kappa shape index (κ3) is 2.71. The number of carbonyl (C=O) groups excluding carboxylic acids is 3. The first-order valence-corrected chi connectivity index (χ1v) is 7.44. The molecule has 0 aromatic rings. The van der Waals surface area contributed by atoms with E-state index in [1.54, 1.807) is 20.8 Å². The molecule has 4 nitrogen and oxygen atoms in total. The molecule has 0 amide bonds. The lowest BCUT2D eigenvalue weighted by molar-refractivity contribution is -0.146. The van der Waals surface area contributed by atoms with Crippen LogP contribution in [-0.2, 0) is 19.1 Å². The molecule has 0 spiro atoms. The zero-order valence-electron chi connectivity index (χ0n) is 13.1. The smallest absolute Gasteiger partial charge is 0.308 e. The van der Waals surface area contributed by atoms with Crippen LogP contribution in [0.15, 0.2) is 22.3 Å². The van der Waals surface area contributed by atoms with E-state index in [4.69, 9.17) is 4.74 Å². The molecule has 0 bridgehead atoms. The number of allylic oxidation sites excluding steroid dienone is 4. The number of Topliss-reactive ketones (excluding diaryl/α,β-unsaturated/α-hetero) is 2. The van der Waals surface area contributed by atoms with Gasteiger partial charge in [0.05, 0.1) is 13.0 Å². The molecule has 2 aliphatic carbocycles. The van der Waals surface area contributed by atoms with E-state index in [-0.39, 0.29) is 29.4 Å². The van der Waals surface area contributed by atoms with Gasteiger partial charge in [0.1, 0.15) is 0 Å². The van der Waals surface area contributed by atoms with E-state index in [0.29, 0.717) is 22.3 Å². The molecule has 114 valence electrons. The monoisotopic (exact) mass is 290 g/mol. The minimum atomic E-state index is -0.169. The second-order valence-electron chi connectivity index (χ2n) is 6.02. The molecule has 4 heteroatoms. The Hall–Kier alpha value is -1.71. The lowest BCUT2D eigenvalue weighted by Crippen LogP contribution is -2.29. The van der Waals surface area contributed by atoms with E-state index in [1.165, 1.54) is 7.11 Å². The highest BCUT2D eigenvalue weighted by atomic mass is 16.5. The van der Waals surface area contributed by atoms with Crippen LogP contribution in [0, 0.1) is 11.8 Å². The van der Waals surface area contributed by atoms with Crippen molar-refractivity contribution in [3.63, 3.8) is 0 Å². The zero-order valence-corrected chi connectivity index (χ0v) is 13.1. The third-order valence-electron chi connectivity index (χ3n) is 4.90. The van der Waals surface area contributed by atoms with Gasteiger partial charge in [0.15, 0.2) is 11.6 Å². The van der Waals surface area contributed by atoms with E-state index < -0.39 is 0 Å². The summed E-state index contributed by atoms with van der Waals surface area (Å²) < 4.78 is 4.78. The first kappa shape index (κ1) is 15.7. The Morgan fingerprint density at radius 3 is 1.95 bits per heavy atom. The minimum absolute atomic E-state index is 0.00566. The average Bonchev–Trinajstić information content (AvgIpc) is 2.51. The summed E-state index contributed by atoms with van der Waals surface area (Å²) in [6, 6.07) is 0. The highest BCUT2D eigenvalue weighted by Gasteiger charge is 2.36. The van der Waals surface area contributed by atoms with Crippen molar-refractivity contribution in [3.8, 4) is 0 Å². The SMILES string of the molecule is COC(=O)C1CCC(C2=C(C)C(=O)C(C)=C(C)C2=O)CC1. The summed E-state index contributed by atoms with van der Waals surface area (Å²) in [5.41, 5.74) is 2.39. The number of hydrogen-bond acceptors (Lipinski definition) is 4. The van der Waals surface area contributed by atoms with Crippen LogP contribution in [0.3, 0.4) is 0 Å². The van der Waals surface area contributed by atoms with E-state index in [2.05, 4.69) is 0 Å². The van der Waals surface area contributed by atoms with Crippen molar-refractivity contribution < 1.29 is 19.1 Å². The van der Waals surface area contributed by atoms with Crippen LogP contribution in [0.5, 0.6) is 0 Å². The van der Waals surface area contributed by atoms with Gasteiger partial charge in [0, 0.05) is 22.3 Å². The fraction of sp³-hybridized carbons (Fsp3) is 0.588. The summed E-state index contributed by atoms with van der Waals surface area (Å²) in [7, 11) is 1.40. The molecule has 2 aliphatic rings. The third-order valence-corrected chi connectivity index (χ3v) is 4.90. The van der Waals surface area contributed by atoms with Gasteiger partial charge in [-0.2, -0.15) is 0 Å². The van der Waals surface area contributed by atoms with E-state index in [9.17, 15) is 14.4 Å². The van der Waals surface area contributed by atoms with E-state index in [0.717, 1.165) is 25.7 Å². The maximum atomic E-state index is 12.5. The van der Waals surface area contributed by atoms with Gasteiger partial charge in [-0.1, -0.05) is 0 Å². The van der Waals surface area contributed by atoms with Crippen molar-refractivity contribution in [2.75, 3.05) is 7.11 Å². The summed E-state index contributed by atoms with van der Waals surface area (Å²) in [5, 5.41) is 0. The van der Waals surface area contributed by atoms with Gasteiger partial charge in [0.2, 0.25) is 0 Å². The summed E-state index contributed by atoms with van der Waals surface area (Å²) in [4.78, 5) is 36.3. The van der Waals surface area contributed by atoms with Crippen LogP contribution in [0.1, 0.15) is 46.5 Å². The summed E-state index contributed by atoms with van der Waals surface area (Å²) in [6.07, 6.45) is 2.96. The largest absolute Gasteiger partial charge is 0.469 e. The van der Waals surface area contributed by atoms with Crippen LogP contribution >= 0.6 is 0 Å². The maximum absolute atomic E-state index is 12.5. The Morgan fingerprint density at radius 2 is 1.43 bits per heavy atom. The van der Waals surface area contributed by atoms with Crippen LogP contribution < -0.4 is 0 Å². The molecule has 0 radical (unpaired) electrons. The van der Waals surface area contributed by atoms with Crippen LogP contribution in [-0.4, -0.2) is 24.6 Å². The Bertz CT molecular complexity index is 557. The van der Waals surface area contributed by atoms with Gasteiger partial charge < -0.3 is 4.74 Å². The number of rotatable bonds is 2. The standard InChI is InChI=1S/C17H22O4/c1-9-10(2)16(19)14(11(3)15(9)18)12-5-7-13(8-6-12)17(20)21-4/h12-13H,5-8H2,1-4H3. The molecule has 21 heavy (non-hydrogen) atoms. The lowest BCUT2D eigenvalue weighted by atomic mass is 9.72. The van der Waals surface area contributed by atoms with Crippen molar-refractivity contribution >= 4 is 17.5 Å². The fourth-order valence-corrected chi connectivity index (χ4v) is 3.39. The molecule has 0 atom stereocenters. The number of methoxy groups -OCH3 is 1. The molecule has 0 aromatic heterocycles. The first-order valence-electron chi connectivity index (χ1n) is 7.44. The zero-order chi connectivity index (χ0) is 15.7. The normalized spacial score (nSPS) is 27.2. The predicted octanol–water partition coefficient (Wildman–Crippen LogP) is 2.77. The van der Waals surface area contributed by atoms with Crippen LogP contribution in [0.2, 0.25) is 0 Å². The summed E-state index contributed by atoms with van der Waals surface area (Å²) in [6.45, 7) is 5.18. The van der Waals surface area contributed by atoms with E-state index in [1.807, 2.05) is 0 Å². The summed E-state index contributed by atoms with van der Waals surface area (Å²) in [5.74, 6) is -0.161. The molecule has 0 heterocycles. The highest BCUT2D eigenvalue weighted by molar-refractivity contribution is 6.24. The Balaban J connectivity index is 2.19. The van der Waals surface area contributed by atoms with Crippen molar-refractivity contribution in [1.82, 2.24) is 0 Å². The predicted molar refractivity (Wildman–Crippen MR) is 78.6 cm³/mol. The molecule has 0 aliphatic heterocycles. The molecule has 1 saturated carbocycles. The molecular formula is C17H22O4. The second-order valence-corrected chi connectivity index (χ2v) is 6.02. The minimum Gasteiger partial charge on any atom is -0.469 e. The lowest BCUT2D eigenvalue weighted by Gasteiger charge is -2.31. The Labute approximate surface area is 125 Å². The first-order chi connectivity index (χ1) is 9.88. The van der Waals surface area contributed by atoms with Gasteiger partial charge >= 0.3 is 5.97 Å². The number of ketones is 2. The number of carbonyl (C=O) groups is 3. The van der Waals surface area contributed by atoms with Gasteiger partial charge in [-0.3, -0.25) is 14.4 Å². The quantitative estimate of drug-likeness (QED) is 0.579. The van der Waals surface area contributed by atoms with E-state index >= 15 is 0 Å². The van der Waals surface area contributed by atoms with Crippen molar-refractivity contribution in [3.05, 3.63) is 22.3 Å². The van der Waals surface area contributed by atoms with Crippen LogP contribution in [0.4, 0.5) is 0 Å². The van der Waals surface area contributed by atoms with Crippen LogP contribution in [0.25, 0.3) is 0 Å². The second kappa shape index (κ2) is 5.96. The van der Waals surface area contributed by atoms with Crippen molar-refractivity contribution in [2.24, 2.45) is 11.8 Å². The summed E-state index contributed by atoms with van der Waals surface area (Å²) >= 11 is 0. The Morgan fingerprint density at radius 1 is 0.905 bits per heavy atom. The van der Waals surface area contributed by atoms with Gasteiger partial charge in [-0.25, -0.2) is 0 Å². The number of hydrogen-bond donors (Lipinski definition) is 0. The molecule has 0 unspecified atom stereocenters. The average molecular weight is 290 g/mol.